The Labute approximate surface area is 140 Å². The van der Waals surface area contributed by atoms with Gasteiger partial charge in [-0.25, -0.2) is 9.98 Å². The molecule has 2 aromatic rings. The summed E-state index contributed by atoms with van der Waals surface area (Å²) in [7, 11) is 3.81. The van der Waals surface area contributed by atoms with E-state index in [-0.39, 0.29) is 5.78 Å². The van der Waals surface area contributed by atoms with Crippen molar-refractivity contribution in [3.63, 3.8) is 0 Å². The van der Waals surface area contributed by atoms with E-state index in [2.05, 4.69) is 9.98 Å². The minimum atomic E-state index is 0.00663. The fourth-order valence-electron chi connectivity index (χ4n) is 3.01. The molecule has 0 atom stereocenters. The van der Waals surface area contributed by atoms with Gasteiger partial charge in [-0.1, -0.05) is 54.1 Å². The molecule has 0 bridgehead atoms. The highest BCUT2D eigenvalue weighted by Crippen LogP contribution is 2.35. The van der Waals surface area contributed by atoms with Crippen molar-refractivity contribution in [2.24, 2.45) is 9.98 Å². The molecule has 0 spiro atoms. The first-order chi connectivity index (χ1) is 11.6. The third-order valence-corrected chi connectivity index (χ3v) is 4.28. The molecule has 1 aliphatic heterocycles. The van der Waals surface area contributed by atoms with E-state index < -0.39 is 0 Å². The first-order valence-electron chi connectivity index (χ1n) is 7.87. The monoisotopic (exact) mass is 315 g/mol. The Bertz CT molecular complexity index is 947. The number of nitrogens with zero attached hydrogens (tertiary/aromatic N) is 3. The molecule has 4 nitrogen and oxygen atoms in total. The predicted octanol–water partition coefficient (Wildman–Crippen LogP) is 3.32. The maximum absolute atomic E-state index is 13.1. The van der Waals surface area contributed by atoms with Gasteiger partial charge in [-0.2, -0.15) is 0 Å². The number of guanidine groups is 1. The number of hydrogen-bond acceptors (Lipinski definition) is 4. The van der Waals surface area contributed by atoms with Crippen LogP contribution in [0, 0.1) is 6.92 Å². The van der Waals surface area contributed by atoms with Gasteiger partial charge in [0.15, 0.2) is 5.78 Å². The van der Waals surface area contributed by atoms with Crippen molar-refractivity contribution in [2.45, 2.75) is 6.92 Å². The Morgan fingerprint density at radius 1 is 0.875 bits per heavy atom. The van der Waals surface area contributed by atoms with E-state index in [4.69, 9.17) is 0 Å². The number of allylic oxidation sites excluding steroid dienone is 2. The fourth-order valence-corrected chi connectivity index (χ4v) is 3.01. The molecule has 2 aromatic carbocycles. The van der Waals surface area contributed by atoms with Crippen molar-refractivity contribution in [3.8, 4) is 0 Å². The Hall–Kier alpha value is -3.01. The van der Waals surface area contributed by atoms with Gasteiger partial charge < -0.3 is 4.90 Å². The van der Waals surface area contributed by atoms with Gasteiger partial charge >= 0.3 is 0 Å². The van der Waals surface area contributed by atoms with E-state index in [0.717, 1.165) is 22.4 Å². The molecule has 2 aliphatic rings. The third kappa shape index (κ3) is 2.11. The minimum Gasteiger partial charge on any atom is -0.347 e. The van der Waals surface area contributed by atoms with Gasteiger partial charge in [0.2, 0.25) is 5.96 Å². The van der Waals surface area contributed by atoms with Crippen molar-refractivity contribution in [1.29, 1.82) is 0 Å². The van der Waals surface area contributed by atoms with Crippen molar-refractivity contribution in [1.82, 2.24) is 4.90 Å². The Morgan fingerprint density at radius 2 is 1.54 bits per heavy atom. The summed E-state index contributed by atoms with van der Waals surface area (Å²) in [5.74, 6) is 0.626. The lowest BCUT2D eigenvalue weighted by molar-refractivity contribution is 0.105. The molecule has 118 valence electrons. The summed E-state index contributed by atoms with van der Waals surface area (Å²) in [5.41, 5.74) is 5.66. The van der Waals surface area contributed by atoms with Crippen molar-refractivity contribution in [3.05, 3.63) is 76.5 Å². The van der Waals surface area contributed by atoms with Crippen LogP contribution in [0.15, 0.2) is 64.2 Å². The fraction of sp³-hybridized carbons (Fsp3) is 0.150. The number of rotatable bonds is 1. The Kier molecular flexibility index (Phi) is 3.20. The van der Waals surface area contributed by atoms with Gasteiger partial charge in [0.25, 0.3) is 0 Å². The number of aliphatic imine (C=N–C) groups is 2. The zero-order valence-electron chi connectivity index (χ0n) is 13.9. The lowest BCUT2D eigenvalue weighted by atomic mass is 9.84. The quantitative estimate of drug-likeness (QED) is 0.810. The second-order valence-corrected chi connectivity index (χ2v) is 6.23. The van der Waals surface area contributed by atoms with E-state index in [1.807, 2.05) is 74.4 Å². The van der Waals surface area contributed by atoms with Crippen LogP contribution in [-0.4, -0.2) is 36.4 Å². The van der Waals surface area contributed by atoms with Crippen LogP contribution >= 0.6 is 0 Å². The second kappa shape index (κ2) is 5.27. The number of fused-ring (bicyclic) bond motifs is 3. The van der Waals surface area contributed by atoms with Crippen molar-refractivity contribution < 1.29 is 4.79 Å². The highest BCUT2D eigenvalue weighted by molar-refractivity contribution is 6.43. The summed E-state index contributed by atoms with van der Waals surface area (Å²) in [6.45, 7) is 2.03. The number of ketones is 1. The molecule has 0 unspecified atom stereocenters. The number of aryl methyl sites for hydroxylation is 1. The predicted molar refractivity (Wildman–Crippen MR) is 96.5 cm³/mol. The lowest BCUT2D eigenvalue weighted by Crippen LogP contribution is -2.20. The molecule has 24 heavy (non-hydrogen) atoms. The topological polar surface area (TPSA) is 45.0 Å². The highest BCUT2D eigenvalue weighted by Gasteiger charge is 2.34. The molecule has 0 amide bonds. The number of Topliss-reactive ketones (excluding diaryl/α,β-unsaturated/α-hetero) is 1. The standard InChI is InChI=1S/C20H17N3O/c1-12-8-10-13(11-9-12)16-18-17(21-20(22-18)23(2)3)14-6-4-5-7-15(14)19(16)24/h4-11H,1-3H3. The van der Waals surface area contributed by atoms with Crippen LogP contribution in [0.5, 0.6) is 0 Å². The third-order valence-electron chi connectivity index (χ3n) is 4.28. The van der Waals surface area contributed by atoms with Gasteiger partial charge in [0, 0.05) is 25.2 Å². The molecule has 0 saturated heterocycles. The Morgan fingerprint density at radius 3 is 2.21 bits per heavy atom. The lowest BCUT2D eigenvalue weighted by Gasteiger charge is -2.19. The normalized spacial score (nSPS) is 15.7. The van der Waals surface area contributed by atoms with Crippen LogP contribution in [0.3, 0.4) is 0 Å². The average molecular weight is 315 g/mol. The van der Waals surface area contributed by atoms with Crippen LogP contribution in [0.25, 0.3) is 5.57 Å². The van der Waals surface area contributed by atoms with E-state index in [1.54, 1.807) is 0 Å². The molecule has 1 heterocycles. The van der Waals surface area contributed by atoms with Gasteiger partial charge in [-0.05, 0) is 12.5 Å². The van der Waals surface area contributed by atoms with Crippen LogP contribution in [0.2, 0.25) is 0 Å². The molecule has 0 N–H and O–H groups in total. The van der Waals surface area contributed by atoms with Gasteiger partial charge in [0.05, 0.1) is 5.57 Å². The maximum Gasteiger partial charge on any atom is 0.226 e. The van der Waals surface area contributed by atoms with Gasteiger partial charge in [-0.3, -0.25) is 4.79 Å². The molecular weight excluding hydrogens is 298 g/mol. The summed E-state index contributed by atoms with van der Waals surface area (Å²) in [5, 5.41) is 0. The zero-order chi connectivity index (χ0) is 16.8. The SMILES string of the molecule is Cc1ccc(C2=C3N=C(N(C)C)N=C3c3ccccc3C2=O)cc1. The molecule has 0 saturated carbocycles. The number of carbonyl (C=O) groups is 1. The number of hydrogen-bond donors (Lipinski definition) is 0. The Balaban J connectivity index is 2.00. The first-order valence-corrected chi connectivity index (χ1v) is 7.87. The van der Waals surface area contributed by atoms with Crippen LogP contribution in [-0.2, 0) is 0 Å². The highest BCUT2D eigenvalue weighted by atomic mass is 16.1. The maximum atomic E-state index is 13.1. The largest absolute Gasteiger partial charge is 0.347 e. The van der Waals surface area contributed by atoms with Gasteiger partial charge in [-0.15, -0.1) is 0 Å². The first kappa shape index (κ1) is 14.6. The number of carbonyl (C=O) groups excluding carboxylic acids is 1. The summed E-state index contributed by atoms with van der Waals surface area (Å²) < 4.78 is 0. The smallest absolute Gasteiger partial charge is 0.226 e. The average Bonchev–Trinajstić information content (AvgIpc) is 3.02. The van der Waals surface area contributed by atoms with E-state index in [0.29, 0.717) is 22.8 Å². The molecule has 0 radical (unpaired) electrons. The van der Waals surface area contributed by atoms with Crippen molar-refractivity contribution in [2.75, 3.05) is 14.1 Å². The summed E-state index contributed by atoms with van der Waals surface area (Å²) in [4.78, 5) is 24.3. The van der Waals surface area contributed by atoms with E-state index in [9.17, 15) is 4.79 Å². The molecule has 1 aliphatic carbocycles. The molecular formula is C20H17N3O. The molecule has 0 aromatic heterocycles. The van der Waals surface area contributed by atoms with E-state index in [1.165, 1.54) is 0 Å². The summed E-state index contributed by atoms with van der Waals surface area (Å²) >= 11 is 0. The van der Waals surface area contributed by atoms with E-state index >= 15 is 0 Å². The summed E-state index contributed by atoms with van der Waals surface area (Å²) in [6.07, 6.45) is 0. The summed E-state index contributed by atoms with van der Waals surface area (Å²) in [6, 6.07) is 15.6. The second-order valence-electron chi connectivity index (χ2n) is 6.23. The van der Waals surface area contributed by atoms with Crippen LogP contribution in [0.4, 0.5) is 0 Å². The molecule has 4 heteroatoms. The van der Waals surface area contributed by atoms with Crippen LogP contribution in [0.1, 0.15) is 27.0 Å². The number of benzene rings is 2. The molecule has 4 rings (SSSR count). The van der Waals surface area contributed by atoms with Gasteiger partial charge in [0.1, 0.15) is 11.4 Å². The minimum absolute atomic E-state index is 0.00663. The van der Waals surface area contributed by atoms with Crippen LogP contribution < -0.4 is 0 Å². The van der Waals surface area contributed by atoms with Crippen molar-refractivity contribution >= 4 is 23.0 Å². The molecule has 0 fully saturated rings. The zero-order valence-corrected chi connectivity index (χ0v) is 13.9.